The van der Waals surface area contributed by atoms with E-state index in [1.807, 2.05) is 54.8 Å². The normalized spacial score (nSPS) is 10.2. The molecule has 0 saturated carbocycles. The average Bonchev–Trinajstić information content (AvgIpc) is 2.48. The summed E-state index contributed by atoms with van der Waals surface area (Å²) in [6.45, 7) is 0. The van der Waals surface area contributed by atoms with Crippen LogP contribution in [0.4, 0.5) is 5.69 Å². The van der Waals surface area contributed by atoms with Crippen LogP contribution in [0.2, 0.25) is 0 Å². The first-order valence-electron chi connectivity index (χ1n) is 5.84. The maximum Gasteiger partial charge on any atom is 0.256 e. The van der Waals surface area contributed by atoms with Crippen molar-refractivity contribution in [2.45, 2.75) is 10.8 Å². The molecule has 0 aliphatic carbocycles. The molecule has 1 N–H and O–H groups in total. The molecule has 0 atom stereocenters. The Morgan fingerprint density at radius 2 is 1.84 bits per heavy atom. The molecule has 0 radical (unpaired) electrons. The van der Waals surface area contributed by atoms with Gasteiger partial charge in [0.25, 0.3) is 5.91 Å². The Morgan fingerprint density at radius 1 is 1.16 bits per heavy atom. The zero-order chi connectivity index (χ0) is 13.7. The molecule has 0 aliphatic rings. The third-order valence-corrected chi connectivity index (χ3v) is 3.82. The van der Waals surface area contributed by atoms with E-state index in [2.05, 4.69) is 5.32 Å². The lowest BCUT2D eigenvalue weighted by Crippen LogP contribution is -2.12. The fourth-order valence-corrected chi connectivity index (χ4v) is 2.48. The summed E-state index contributed by atoms with van der Waals surface area (Å²) in [6.07, 6.45) is 1.96. The number of anilines is 1. The molecule has 4 heteroatoms. The molecule has 0 saturated heterocycles. The van der Waals surface area contributed by atoms with Crippen molar-refractivity contribution in [3.8, 4) is 0 Å². The van der Waals surface area contributed by atoms with E-state index in [-0.39, 0.29) is 5.91 Å². The van der Waals surface area contributed by atoms with E-state index in [0.717, 1.165) is 16.1 Å². The molecule has 98 valence electrons. The topological polar surface area (TPSA) is 29.1 Å². The number of amides is 1. The molecule has 0 fully saturated rings. The summed E-state index contributed by atoms with van der Waals surface area (Å²) >= 11 is 7.29. The molecule has 2 rings (SSSR count). The second-order valence-electron chi connectivity index (χ2n) is 3.98. The number of nitrogens with one attached hydrogen (secondary N) is 1. The third-order valence-electron chi connectivity index (χ3n) is 2.72. The van der Waals surface area contributed by atoms with Crippen LogP contribution in [-0.4, -0.2) is 12.2 Å². The Labute approximate surface area is 122 Å². The fourth-order valence-electron chi connectivity index (χ4n) is 1.71. The summed E-state index contributed by atoms with van der Waals surface area (Å²) in [4.78, 5) is 13.2. The molecule has 2 aromatic rings. The van der Waals surface area contributed by atoms with Crippen LogP contribution in [0.1, 0.15) is 15.9 Å². The van der Waals surface area contributed by atoms with Crippen LogP contribution < -0.4 is 5.32 Å². The Hall–Kier alpha value is -1.45. The first-order valence-corrected chi connectivity index (χ1v) is 7.60. The molecule has 0 aliphatic heterocycles. The molecular formula is C15H14ClNOS. The second kappa shape index (κ2) is 6.64. The molecular weight excluding hydrogens is 278 g/mol. The number of rotatable bonds is 4. The summed E-state index contributed by atoms with van der Waals surface area (Å²) in [5.74, 6) is 0.382. The maximum absolute atomic E-state index is 12.2. The molecule has 2 aromatic carbocycles. The van der Waals surface area contributed by atoms with Crippen molar-refractivity contribution in [2.24, 2.45) is 0 Å². The van der Waals surface area contributed by atoms with E-state index in [1.54, 1.807) is 11.8 Å². The lowest BCUT2D eigenvalue weighted by molar-refractivity contribution is 0.102. The highest BCUT2D eigenvalue weighted by Crippen LogP contribution is 2.21. The molecule has 0 unspecified atom stereocenters. The highest BCUT2D eigenvalue weighted by molar-refractivity contribution is 7.98. The Kier molecular flexibility index (Phi) is 4.88. The summed E-state index contributed by atoms with van der Waals surface area (Å²) in [7, 11) is 0. The minimum absolute atomic E-state index is 0.0939. The van der Waals surface area contributed by atoms with Gasteiger partial charge in [-0.3, -0.25) is 4.79 Å². The molecule has 0 bridgehead atoms. The van der Waals surface area contributed by atoms with Crippen LogP contribution in [0.15, 0.2) is 53.4 Å². The van der Waals surface area contributed by atoms with Crippen molar-refractivity contribution in [1.82, 2.24) is 0 Å². The summed E-state index contributed by atoms with van der Waals surface area (Å²) in [5, 5.41) is 2.89. The molecule has 19 heavy (non-hydrogen) atoms. The Morgan fingerprint density at radius 3 is 2.47 bits per heavy atom. The Balaban J connectivity index is 2.16. The lowest BCUT2D eigenvalue weighted by Gasteiger charge is -2.08. The third kappa shape index (κ3) is 3.52. The second-order valence-corrected chi connectivity index (χ2v) is 5.10. The monoisotopic (exact) mass is 291 g/mol. The van der Waals surface area contributed by atoms with Crippen molar-refractivity contribution in [2.75, 3.05) is 11.6 Å². The van der Waals surface area contributed by atoms with Gasteiger partial charge in [-0.15, -0.1) is 23.4 Å². The number of benzene rings is 2. The molecule has 0 heterocycles. The number of thioether (sulfide) groups is 1. The van der Waals surface area contributed by atoms with E-state index in [1.165, 1.54) is 0 Å². The van der Waals surface area contributed by atoms with Gasteiger partial charge < -0.3 is 5.32 Å². The SMILES string of the molecule is CSc1ccccc1C(=O)Nc1ccc(CCl)cc1. The van der Waals surface area contributed by atoms with Gasteiger partial charge in [0.1, 0.15) is 0 Å². The van der Waals surface area contributed by atoms with Gasteiger partial charge in [-0.2, -0.15) is 0 Å². The zero-order valence-corrected chi connectivity index (χ0v) is 12.1. The van der Waals surface area contributed by atoms with E-state index in [4.69, 9.17) is 11.6 Å². The van der Waals surface area contributed by atoms with Crippen LogP contribution >= 0.6 is 23.4 Å². The smallest absolute Gasteiger partial charge is 0.256 e. The highest BCUT2D eigenvalue weighted by Gasteiger charge is 2.10. The van der Waals surface area contributed by atoms with Gasteiger partial charge in [0.15, 0.2) is 0 Å². The van der Waals surface area contributed by atoms with Gasteiger partial charge in [-0.1, -0.05) is 24.3 Å². The minimum atomic E-state index is -0.0939. The van der Waals surface area contributed by atoms with Gasteiger partial charge in [0.2, 0.25) is 0 Å². The fraction of sp³-hybridized carbons (Fsp3) is 0.133. The number of hydrogen-bond acceptors (Lipinski definition) is 2. The zero-order valence-electron chi connectivity index (χ0n) is 10.5. The summed E-state index contributed by atoms with van der Waals surface area (Å²) in [5.41, 5.74) is 2.50. The van der Waals surface area contributed by atoms with Gasteiger partial charge in [0, 0.05) is 16.5 Å². The van der Waals surface area contributed by atoms with Crippen molar-refractivity contribution < 1.29 is 4.79 Å². The van der Waals surface area contributed by atoms with Crippen LogP contribution in [-0.2, 0) is 5.88 Å². The lowest BCUT2D eigenvalue weighted by atomic mass is 10.2. The Bertz CT molecular complexity index is 569. The minimum Gasteiger partial charge on any atom is -0.322 e. The number of carbonyl (C=O) groups is 1. The van der Waals surface area contributed by atoms with Gasteiger partial charge in [-0.25, -0.2) is 0 Å². The van der Waals surface area contributed by atoms with Crippen LogP contribution in [0.5, 0.6) is 0 Å². The predicted molar refractivity (Wildman–Crippen MR) is 82.2 cm³/mol. The van der Waals surface area contributed by atoms with E-state index >= 15 is 0 Å². The van der Waals surface area contributed by atoms with Crippen LogP contribution in [0.25, 0.3) is 0 Å². The maximum atomic E-state index is 12.2. The highest BCUT2D eigenvalue weighted by atomic mass is 35.5. The van der Waals surface area contributed by atoms with Gasteiger partial charge in [-0.05, 0) is 36.1 Å². The average molecular weight is 292 g/mol. The molecule has 2 nitrogen and oxygen atoms in total. The van der Waals surface area contributed by atoms with E-state index in [0.29, 0.717) is 11.4 Å². The van der Waals surface area contributed by atoms with E-state index < -0.39 is 0 Å². The van der Waals surface area contributed by atoms with Crippen molar-refractivity contribution in [1.29, 1.82) is 0 Å². The first kappa shape index (κ1) is 14.0. The summed E-state index contributed by atoms with van der Waals surface area (Å²) in [6, 6.07) is 15.1. The van der Waals surface area contributed by atoms with Crippen LogP contribution in [0.3, 0.4) is 0 Å². The molecule has 0 aromatic heterocycles. The summed E-state index contributed by atoms with van der Waals surface area (Å²) < 4.78 is 0. The molecule has 1 amide bonds. The predicted octanol–water partition coefficient (Wildman–Crippen LogP) is 4.40. The van der Waals surface area contributed by atoms with E-state index in [9.17, 15) is 4.79 Å². The number of alkyl halides is 1. The number of halogens is 1. The van der Waals surface area contributed by atoms with Crippen molar-refractivity contribution in [3.63, 3.8) is 0 Å². The van der Waals surface area contributed by atoms with Gasteiger partial charge >= 0.3 is 0 Å². The van der Waals surface area contributed by atoms with Crippen molar-refractivity contribution in [3.05, 3.63) is 59.7 Å². The van der Waals surface area contributed by atoms with Crippen molar-refractivity contribution >= 4 is 35.0 Å². The number of carbonyl (C=O) groups excluding carboxylic acids is 1. The number of hydrogen-bond donors (Lipinski definition) is 1. The molecule has 0 spiro atoms. The quantitative estimate of drug-likeness (QED) is 0.668. The van der Waals surface area contributed by atoms with Crippen LogP contribution in [0, 0.1) is 0 Å². The van der Waals surface area contributed by atoms with Gasteiger partial charge in [0.05, 0.1) is 5.56 Å². The largest absolute Gasteiger partial charge is 0.322 e. The first-order chi connectivity index (χ1) is 9.24. The standard InChI is InChI=1S/C15H14ClNOS/c1-19-14-5-3-2-4-13(14)15(18)17-12-8-6-11(10-16)7-9-12/h2-9H,10H2,1H3,(H,17,18).